The van der Waals surface area contributed by atoms with Crippen molar-refractivity contribution in [3.8, 4) is 0 Å². The maximum atomic E-state index is 10.6. The number of carbonyl (C=O) groups is 1. The van der Waals surface area contributed by atoms with Gasteiger partial charge in [0, 0.05) is 12.1 Å². The minimum Gasteiger partial charge on any atom is -0.481 e. The molecule has 1 aliphatic carbocycles. The van der Waals surface area contributed by atoms with Gasteiger partial charge < -0.3 is 10.8 Å². The molecule has 0 amide bonds. The Bertz CT molecular complexity index is 387. The van der Waals surface area contributed by atoms with Crippen LogP contribution in [0.25, 0.3) is 0 Å². The molecule has 0 radical (unpaired) electrons. The Labute approximate surface area is 88.9 Å². The van der Waals surface area contributed by atoms with Crippen LogP contribution in [0.1, 0.15) is 24.0 Å². The lowest BCUT2D eigenvalue weighted by molar-refractivity contribution is -0.138. The van der Waals surface area contributed by atoms with Crippen molar-refractivity contribution in [3.63, 3.8) is 0 Å². The molecule has 0 bridgehead atoms. The highest BCUT2D eigenvalue weighted by molar-refractivity contribution is 5.67. The molecule has 0 saturated carbocycles. The van der Waals surface area contributed by atoms with Crippen molar-refractivity contribution in [2.24, 2.45) is 5.92 Å². The molecular formula is C12H15NO2. The van der Waals surface area contributed by atoms with Gasteiger partial charge in [0.1, 0.15) is 0 Å². The van der Waals surface area contributed by atoms with E-state index in [2.05, 4.69) is 0 Å². The predicted molar refractivity (Wildman–Crippen MR) is 58.6 cm³/mol. The summed E-state index contributed by atoms with van der Waals surface area (Å²) in [7, 11) is 0. The summed E-state index contributed by atoms with van der Waals surface area (Å²) in [6.07, 6.45) is 3.08. The van der Waals surface area contributed by atoms with Gasteiger partial charge in [0.05, 0.1) is 0 Å². The Morgan fingerprint density at radius 3 is 3.00 bits per heavy atom. The lowest BCUT2D eigenvalue weighted by Gasteiger charge is -2.23. The van der Waals surface area contributed by atoms with E-state index in [0.717, 1.165) is 24.9 Å². The summed E-state index contributed by atoms with van der Waals surface area (Å²) in [6.45, 7) is 0. The maximum absolute atomic E-state index is 10.6. The molecule has 3 nitrogen and oxygen atoms in total. The molecule has 0 fully saturated rings. The number of hydrogen-bond donors (Lipinski definition) is 2. The van der Waals surface area contributed by atoms with Crippen molar-refractivity contribution >= 4 is 11.7 Å². The fraction of sp³-hybridized carbons (Fsp3) is 0.417. The zero-order chi connectivity index (χ0) is 10.8. The van der Waals surface area contributed by atoms with Crippen molar-refractivity contribution in [1.29, 1.82) is 0 Å². The normalized spacial score (nSPS) is 19.6. The first-order valence-corrected chi connectivity index (χ1v) is 5.24. The van der Waals surface area contributed by atoms with E-state index < -0.39 is 5.97 Å². The molecule has 0 aliphatic heterocycles. The average molecular weight is 205 g/mol. The third-order valence-electron chi connectivity index (χ3n) is 3.02. The lowest BCUT2D eigenvalue weighted by Crippen LogP contribution is -2.17. The summed E-state index contributed by atoms with van der Waals surface area (Å²) in [5.41, 5.74) is 9.05. The summed E-state index contributed by atoms with van der Waals surface area (Å²) in [5.74, 6) is -0.405. The zero-order valence-electron chi connectivity index (χ0n) is 8.57. The van der Waals surface area contributed by atoms with Crippen LogP contribution in [0.2, 0.25) is 0 Å². The number of rotatable bonds is 2. The first-order valence-electron chi connectivity index (χ1n) is 5.24. The van der Waals surface area contributed by atoms with E-state index in [0.29, 0.717) is 5.92 Å². The highest BCUT2D eigenvalue weighted by Crippen LogP contribution is 2.28. The van der Waals surface area contributed by atoms with Gasteiger partial charge in [0.2, 0.25) is 0 Å². The van der Waals surface area contributed by atoms with E-state index in [1.54, 1.807) is 0 Å². The minimum absolute atomic E-state index is 0.282. The number of nitrogen functional groups attached to an aromatic ring is 1. The van der Waals surface area contributed by atoms with E-state index in [4.69, 9.17) is 10.8 Å². The van der Waals surface area contributed by atoms with Gasteiger partial charge in [-0.1, -0.05) is 6.07 Å². The molecule has 3 heteroatoms. The number of carboxylic acids is 1. The third-order valence-corrected chi connectivity index (χ3v) is 3.02. The molecule has 0 aromatic heterocycles. The maximum Gasteiger partial charge on any atom is 0.303 e. The molecule has 0 heterocycles. The Morgan fingerprint density at radius 1 is 1.47 bits per heavy atom. The molecule has 2 rings (SSSR count). The standard InChI is InChI=1S/C12H15NO2/c13-11-4-3-9-5-8(6-12(14)15)1-2-10(9)7-11/h3-4,7-8H,1-2,5-6,13H2,(H,14,15). The average Bonchev–Trinajstić information content (AvgIpc) is 2.17. The highest BCUT2D eigenvalue weighted by atomic mass is 16.4. The first kappa shape index (κ1) is 10.0. The number of anilines is 1. The molecule has 15 heavy (non-hydrogen) atoms. The van der Waals surface area contributed by atoms with E-state index in [-0.39, 0.29) is 6.42 Å². The fourth-order valence-corrected chi connectivity index (χ4v) is 2.27. The van der Waals surface area contributed by atoms with Crippen LogP contribution in [0.4, 0.5) is 5.69 Å². The number of nitrogens with two attached hydrogens (primary N) is 1. The number of benzene rings is 1. The van der Waals surface area contributed by atoms with Gasteiger partial charge in [0.15, 0.2) is 0 Å². The number of hydrogen-bond acceptors (Lipinski definition) is 2. The van der Waals surface area contributed by atoms with Crippen LogP contribution in [-0.4, -0.2) is 11.1 Å². The van der Waals surface area contributed by atoms with Gasteiger partial charge in [-0.3, -0.25) is 4.79 Å². The summed E-state index contributed by atoms with van der Waals surface area (Å²) in [6, 6.07) is 5.92. The SMILES string of the molecule is Nc1ccc2c(c1)CCC(CC(=O)O)C2. The van der Waals surface area contributed by atoms with Gasteiger partial charge in [0.25, 0.3) is 0 Å². The molecule has 80 valence electrons. The van der Waals surface area contributed by atoms with Gasteiger partial charge in [-0.15, -0.1) is 0 Å². The molecule has 1 aromatic carbocycles. The van der Waals surface area contributed by atoms with E-state index in [1.807, 2.05) is 18.2 Å². The van der Waals surface area contributed by atoms with E-state index in [9.17, 15) is 4.79 Å². The Morgan fingerprint density at radius 2 is 2.27 bits per heavy atom. The van der Waals surface area contributed by atoms with Crippen LogP contribution in [0, 0.1) is 5.92 Å². The second kappa shape index (κ2) is 3.93. The number of fused-ring (bicyclic) bond motifs is 1. The predicted octanol–water partition coefficient (Wildman–Crippen LogP) is 1.85. The van der Waals surface area contributed by atoms with Crippen molar-refractivity contribution < 1.29 is 9.90 Å². The second-order valence-corrected chi connectivity index (χ2v) is 4.23. The molecule has 1 aromatic rings. The second-order valence-electron chi connectivity index (χ2n) is 4.23. The fourth-order valence-electron chi connectivity index (χ4n) is 2.27. The van der Waals surface area contributed by atoms with Crippen LogP contribution in [-0.2, 0) is 17.6 Å². The van der Waals surface area contributed by atoms with Crippen molar-refractivity contribution in [2.45, 2.75) is 25.7 Å². The van der Waals surface area contributed by atoms with Crippen LogP contribution in [0.15, 0.2) is 18.2 Å². The highest BCUT2D eigenvalue weighted by Gasteiger charge is 2.20. The number of aryl methyl sites for hydroxylation is 1. The van der Waals surface area contributed by atoms with Crippen LogP contribution in [0.3, 0.4) is 0 Å². The first-order chi connectivity index (χ1) is 7.15. The summed E-state index contributed by atoms with van der Waals surface area (Å²) in [4.78, 5) is 10.6. The monoisotopic (exact) mass is 205 g/mol. The summed E-state index contributed by atoms with van der Waals surface area (Å²) >= 11 is 0. The van der Waals surface area contributed by atoms with E-state index in [1.165, 1.54) is 11.1 Å². The largest absolute Gasteiger partial charge is 0.481 e. The molecule has 1 aliphatic rings. The molecule has 1 atom stereocenters. The summed E-state index contributed by atoms with van der Waals surface area (Å²) < 4.78 is 0. The van der Waals surface area contributed by atoms with Gasteiger partial charge >= 0.3 is 5.97 Å². The molecule has 0 saturated heterocycles. The Hall–Kier alpha value is -1.51. The van der Waals surface area contributed by atoms with Gasteiger partial charge in [-0.05, 0) is 48.4 Å². The molecular weight excluding hydrogens is 190 g/mol. The van der Waals surface area contributed by atoms with Crippen molar-refractivity contribution in [2.75, 3.05) is 5.73 Å². The quantitative estimate of drug-likeness (QED) is 0.724. The minimum atomic E-state index is -0.695. The third kappa shape index (κ3) is 2.29. The van der Waals surface area contributed by atoms with Gasteiger partial charge in [-0.25, -0.2) is 0 Å². The Kier molecular flexibility index (Phi) is 2.62. The lowest BCUT2D eigenvalue weighted by atomic mass is 9.82. The molecule has 1 unspecified atom stereocenters. The topological polar surface area (TPSA) is 63.3 Å². The zero-order valence-corrected chi connectivity index (χ0v) is 8.57. The summed E-state index contributed by atoms with van der Waals surface area (Å²) in [5, 5.41) is 8.74. The molecule has 0 spiro atoms. The number of carboxylic acid groups (broad SMARTS) is 1. The van der Waals surface area contributed by atoms with Crippen LogP contribution in [0.5, 0.6) is 0 Å². The van der Waals surface area contributed by atoms with Gasteiger partial charge in [-0.2, -0.15) is 0 Å². The van der Waals surface area contributed by atoms with Crippen LogP contribution < -0.4 is 5.73 Å². The molecule has 3 N–H and O–H groups in total. The van der Waals surface area contributed by atoms with E-state index >= 15 is 0 Å². The van der Waals surface area contributed by atoms with Crippen LogP contribution >= 0.6 is 0 Å². The van der Waals surface area contributed by atoms with Crippen molar-refractivity contribution in [3.05, 3.63) is 29.3 Å². The Balaban J connectivity index is 2.13. The smallest absolute Gasteiger partial charge is 0.303 e. The number of aliphatic carboxylic acids is 1. The van der Waals surface area contributed by atoms with Crippen molar-refractivity contribution in [1.82, 2.24) is 0 Å².